The number of fused-ring (bicyclic) bond motifs is 1. The predicted octanol–water partition coefficient (Wildman–Crippen LogP) is 1.31. The summed E-state index contributed by atoms with van der Waals surface area (Å²) in [6.45, 7) is 1.34. The van der Waals surface area contributed by atoms with Crippen molar-refractivity contribution in [2.75, 3.05) is 0 Å². The Bertz CT molecular complexity index is 456. The Morgan fingerprint density at radius 2 is 2.12 bits per heavy atom. The van der Waals surface area contributed by atoms with E-state index in [2.05, 4.69) is 5.32 Å². The van der Waals surface area contributed by atoms with Crippen molar-refractivity contribution in [3.05, 3.63) is 35.4 Å². The number of amides is 1. The number of hydrogen-bond donors (Lipinski definition) is 2. The number of benzene rings is 1. The quantitative estimate of drug-likeness (QED) is 0.827. The fourth-order valence-corrected chi connectivity index (χ4v) is 2.49. The van der Waals surface area contributed by atoms with E-state index in [0.29, 0.717) is 0 Å². The number of carbonyl (C=O) groups is 2. The van der Waals surface area contributed by atoms with Crippen molar-refractivity contribution in [2.45, 2.75) is 31.7 Å². The first kappa shape index (κ1) is 11.6. The molecule has 0 unspecified atom stereocenters. The van der Waals surface area contributed by atoms with Crippen LogP contribution in [0.25, 0.3) is 0 Å². The highest BCUT2D eigenvalue weighted by Gasteiger charge is 2.34. The summed E-state index contributed by atoms with van der Waals surface area (Å²) >= 11 is 0. The van der Waals surface area contributed by atoms with Crippen molar-refractivity contribution < 1.29 is 14.7 Å². The maximum Gasteiger partial charge on any atom is 0.326 e. The van der Waals surface area contributed by atoms with Gasteiger partial charge in [-0.25, -0.2) is 4.79 Å². The van der Waals surface area contributed by atoms with Crippen molar-refractivity contribution in [3.8, 4) is 0 Å². The molecule has 2 rings (SSSR count). The molecule has 1 aliphatic carbocycles. The predicted molar refractivity (Wildman–Crippen MR) is 62.7 cm³/mol. The number of hydrogen-bond acceptors (Lipinski definition) is 2. The molecule has 4 nitrogen and oxygen atoms in total. The molecule has 1 aromatic carbocycles. The van der Waals surface area contributed by atoms with Crippen LogP contribution in [0.1, 0.15) is 30.4 Å². The molecule has 0 saturated carbocycles. The van der Waals surface area contributed by atoms with E-state index in [1.807, 2.05) is 24.3 Å². The van der Waals surface area contributed by atoms with Crippen LogP contribution >= 0.6 is 0 Å². The number of carbonyl (C=O) groups excluding carboxylic acids is 1. The molecule has 1 aliphatic rings. The standard InChI is InChI=1S/C13H15NO3/c1-8(15)14-12(13(16)17)11-7-6-9-4-2-3-5-10(9)11/h2-5,11-12H,6-7H2,1H3,(H,14,15)(H,16,17)/t11-,12+/m0/s1. The molecule has 17 heavy (non-hydrogen) atoms. The largest absolute Gasteiger partial charge is 0.480 e. The summed E-state index contributed by atoms with van der Waals surface area (Å²) in [6.07, 6.45) is 1.65. The van der Waals surface area contributed by atoms with E-state index in [9.17, 15) is 14.7 Å². The molecule has 4 heteroatoms. The molecule has 0 fully saturated rings. The van der Waals surface area contributed by atoms with Crippen LogP contribution in [0.15, 0.2) is 24.3 Å². The molecule has 90 valence electrons. The highest BCUT2D eigenvalue weighted by molar-refractivity contribution is 5.83. The summed E-state index contributed by atoms with van der Waals surface area (Å²) in [6, 6.07) is 7.00. The molecule has 0 spiro atoms. The summed E-state index contributed by atoms with van der Waals surface area (Å²) in [4.78, 5) is 22.3. The van der Waals surface area contributed by atoms with Gasteiger partial charge in [-0.3, -0.25) is 4.79 Å². The van der Waals surface area contributed by atoms with Crippen LogP contribution in [0.2, 0.25) is 0 Å². The zero-order chi connectivity index (χ0) is 12.4. The molecule has 2 atom stereocenters. The van der Waals surface area contributed by atoms with Crippen LogP contribution in [-0.4, -0.2) is 23.0 Å². The average molecular weight is 233 g/mol. The van der Waals surface area contributed by atoms with E-state index in [4.69, 9.17) is 0 Å². The van der Waals surface area contributed by atoms with Crippen LogP contribution < -0.4 is 5.32 Å². The van der Waals surface area contributed by atoms with Gasteiger partial charge in [-0.05, 0) is 24.0 Å². The highest BCUT2D eigenvalue weighted by atomic mass is 16.4. The number of carboxylic acids is 1. The van der Waals surface area contributed by atoms with Crippen molar-refractivity contribution in [1.29, 1.82) is 0 Å². The van der Waals surface area contributed by atoms with Gasteiger partial charge >= 0.3 is 5.97 Å². The molecule has 0 heterocycles. The van der Waals surface area contributed by atoms with Crippen LogP contribution in [0, 0.1) is 0 Å². The SMILES string of the molecule is CC(=O)N[C@@H](C(=O)O)[C@H]1CCc2ccccc21. The van der Waals surface area contributed by atoms with Crippen LogP contribution in [0.5, 0.6) is 0 Å². The van der Waals surface area contributed by atoms with Crippen molar-refractivity contribution >= 4 is 11.9 Å². The normalized spacial score (nSPS) is 19.5. The lowest BCUT2D eigenvalue weighted by molar-refractivity contribution is -0.142. The molecule has 2 N–H and O–H groups in total. The van der Waals surface area contributed by atoms with E-state index in [0.717, 1.165) is 18.4 Å². The van der Waals surface area contributed by atoms with E-state index >= 15 is 0 Å². The third-order valence-corrected chi connectivity index (χ3v) is 3.21. The first-order valence-corrected chi connectivity index (χ1v) is 5.67. The lowest BCUT2D eigenvalue weighted by Crippen LogP contribution is -2.43. The Labute approximate surface area is 99.6 Å². The lowest BCUT2D eigenvalue weighted by Gasteiger charge is -2.21. The average Bonchev–Trinajstić information content (AvgIpc) is 2.69. The monoisotopic (exact) mass is 233 g/mol. The molecular formula is C13H15NO3. The fraction of sp³-hybridized carbons (Fsp3) is 0.385. The summed E-state index contributed by atoms with van der Waals surface area (Å²) in [5, 5.41) is 11.7. The second-order valence-electron chi connectivity index (χ2n) is 4.36. The molecule has 0 saturated heterocycles. The van der Waals surface area contributed by atoms with Crippen LogP contribution in [0.3, 0.4) is 0 Å². The lowest BCUT2D eigenvalue weighted by atomic mass is 9.93. The van der Waals surface area contributed by atoms with Gasteiger partial charge < -0.3 is 10.4 Å². The molecule has 1 aromatic rings. The number of aryl methyl sites for hydroxylation is 1. The fourth-order valence-electron chi connectivity index (χ4n) is 2.49. The van der Waals surface area contributed by atoms with E-state index in [-0.39, 0.29) is 11.8 Å². The Morgan fingerprint density at radius 1 is 1.41 bits per heavy atom. The molecule has 0 radical (unpaired) electrons. The zero-order valence-electron chi connectivity index (χ0n) is 9.64. The number of carboxylic acid groups (broad SMARTS) is 1. The third kappa shape index (κ3) is 2.30. The number of rotatable bonds is 3. The molecule has 1 amide bonds. The van der Waals surface area contributed by atoms with Gasteiger partial charge in [0.25, 0.3) is 0 Å². The minimum absolute atomic E-state index is 0.118. The summed E-state index contributed by atoms with van der Waals surface area (Å²) in [5.74, 6) is -1.39. The Kier molecular flexibility index (Phi) is 3.13. The topological polar surface area (TPSA) is 66.4 Å². The minimum atomic E-state index is -0.970. The summed E-state index contributed by atoms with van der Waals surface area (Å²) in [5.41, 5.74) is 2.24. The van der Waals surface area contributed by atoms with E-state index in [1.54, 1.807) is 0 Å². The van der Waals surface area contributed by atoms with Gasteiger partial charge in [0, 0.05) is 12.8 Å². The number of aliphatic carboxylic acids is 1. The van der Waals surface area contributed by atoms with Crippen LogP contribution in [0.4, 0.5) is 0 Å². The number of nitrogens with one attached hydrogen (secondary N) is 1. The third-order valence-electron chi connectivity index (χ3n) is 3.21. The zero-order valence-corrected chi connectivity index (χ0v) is 9.64. The second-order valence-corrected chi connectivity index (χ2v) is 4.36. The smallest absolute Gasteiger partial charge is 0.326 e. The molecular weight excluding hydrogens is 218 g/mol. The van der Waals surface area contributed by atoms with E-state index < -0.39 is 12.0 Å². The van der Waals surface area contributed by atoms with Gasteiger partial charge in [0.15, 0.2) is 0 Å². The maximum atomic E-state index is 11.2. The molecule has 0 bridgehead atoms. The van der Waals surface area contributed by atoms with Crippen molar-refractivity contribution in [3.63, 3.8) is 0 Å². The molecule has 0 aromatic heterocycles. The van der Waals surface area contributed by atoms with Crippen molar-refractivity contribution in [1.82, 2.24) is 5.32 Å². The Hall–Kier alpha value is -1.84. The Morgan fingerprint density at radius 3 is 2.76 bits per heavy atom. The Balaban J connectivity index is 2.27. The second kappa shape index (κ2) is 4.57. The highest BCUT2D eigenvalue weighted by Crippen LogP contribution is 2.35. The van der Waals surface area contributed by atoms with Crippen molar-refractivity contribution in [2.24, 2.45) is 0 Å². The van der Waals surface area contributed by atoms with Crippen LogP contribution in [-0.2, 0) is 16.0 Å². The molecule has 0 aliphatic heterocycles. The first-order valence-electron chi connectivity index (χ1n) is 5.67. The van der Waals surface area contributed by atoms with Gasteiger partial charge in [-0.1, -0.05) is 24.3 Å². The van der Waals surface area contributed by atoms with Gasteiger partial charge in [-0.2, -0.15) is 0 Å². The van der Waals surface area contributed by atoms with Gasteiger partial charge in [0.1, 0.15) is 6.04 Å². The first-order chi connectivity index (χ1) is 8.09. The van der Waals surface area contributed by atoms with Gasteiger partial charge in [0.2, 0.25) is 5.91 Å². The van der Waals surface area contributed by atoms with Gasteiger partial charge in [-0.15, -0.1) is 0 Å². The van der Waals surface area contributed by atoms with E-state index in [1.165, 1.54) is 12.5 Å². The van der Waals surface area contributed by atoms with Gasteiger partial charge in [0.05, 0.1) is 0 Å². The summed E-state index contributed by atoms with van der Waals surface area (Å²) < 4.78 is 0. The maximum absolute atomic E-state index is 11.2. The summed E-state index contributed by atoms with van der Waals surface area (Å²) in [7, 11) is 0. The minimum Gasteiger partial charge on any atom is -0.480 e.